The largest absolute Gasteiger partial charge is 0.342 e. The van der Waals surface area contributed by atoms with Crippen molar-refractivity contribution in [1.29, 1.82) is 0 Å². The van der Waals surface area contributed by atoms with E-state index in [2.05, 4.69) is 10.4 Å². The maximum atomic E-state index is 12.2. The third-order valence-electron chi connectivity index (χ3n) is 2.72. The van der Waals surface area contributed by atoms with Gasteiger partial charge in [0.25, 0.3) is 0 Å². The molecule has 1 aromatic rings. The van der Waals surface area contributed by atoms with Crippen LogP contribution < -0.4 is 5.32 Å². The maximum Gasteiger partial charge on any atom is 0.244 e. The van der Waals surface area contributed by atoms with E-state index in [1.807, 2.05) is 34.1 Å². The number of halogens is 1. The van der Waals surface area contributed by atoms with Crippen LogP contribution in [-0.2, 0) is 11.8 Å². The van der Waals surface area contributed by atoms with Crippen LogP contribution >= 0.6 is 12.4 Å². The van der Waals surface area contributed by atoms with E-state index in [9.17, 15) is 4.79 Å². The molecule has 0 saturated carbocycles. The Kier molecular flexibility index (Phi) is 6.20. The molecule has 0 fully saturated rings. The molecule has 5 nitrogen and oxygen atoms in total. The molecule has 0 spiro atoms. The normalized spacial score (nSPS) is 12.1. The predicted octanol–water partition coefficient (Wildman–Crippen LogP) is 0.969. The number of hydrogen-bond donors (Lipinski definition) is 1. The van der Waals surface area contributed by atoms with E-state index in [1.54, 1.807) is 22.8 Å². The second-order valence-electron chi connectivity index (χ2n) is 4.21. The topological polar surface area (TPSA) is 50.2 Å². The third-order valence-corrected chi connectivity index (χ3v) is 2.72. The summed E-state index contributed by atoms with van der Waals surface area (Å²) in [5, 5.41) is 7.10. The molecule has 0 aromatic carbocycles. The molecule has 1 aromatic heterocycles. The Labute approximate surface area is 109 Å². The first-order valence-corrected chi connectivity index (χ1v) is 5.39. The number of aryl methyl sites for hydroxylation is 1. The first-order chi connectivity index (χ1) is 7.47. The van der Waals surface area contributed by atoms with Gasteiger partial charge in [-0.3, -0.25) is 9.48 Å². The lowest BCUT2D eigenvalue weighted by Gasteiger charge is -2.26. The fraction of sp³-hybridized carbons (Fsp3) is 0.636. The summed E-state index contributed by atoms with van der Waals surface area (Å²) in [5.41, 5.74) is 0.891. The Morgan fingerprint density at radius 1 is 1.53 bits per heavy atom. The van der Waals surface area contributed by atoms with Crippen LogP contribution in [0.1, 0.15) is 25.5 Å². The number of carbonyl (C=O) groups excluding carboxylic acids is 1. The summed E-state index contributed by atoms with van der Waals surface area (Å²) < 4.78 is 1.70. The summed E-state index contributed by atoms with van der Waals surface area (Å²) in [7, 11) is 5.43. The highest BCUT2D eigenvalue weighted by atomic mass is 35.5. The fourth-order valence-electron chi connectivity index (χ4n) is 1.48. The zero-order valence-electron chi connectivity index (χ0n) is 11.0. The Balaban J connectivity index is 0.00000256. The highest BCUT2D eigenvalue weighted by molar-refractivity contribution is 5.85. The molecule has 1 amide bonds. The standard InChI is InChI=1S/C11H20N4O.ClH/c1-8(2)15(5)11(16)10(12-3)9-6-13-14(4)7-9;/h6-8,10,12H,1-5H3;1H. The summed E-state index contributed by atoms with van der Waals surface area (Å²) in [4.78, 5) is 13.9. The minimum absolute atomic E-state index is 0. The number of aromatic nitrogens is 2. The molecule has 1 unspecified atom stereocenters. The van der Waals surface area contributed by atoms with Crippen LogP contribution in [0.3, 0.4) is 0 Å². The Hall–Kier alpha value is -1.07. The lowest BCUT2D eigenvalue weighted by atomic mass is 10.1. The van der Waals surface area contributed by atoms with E-state index in [1.165, 1.54) is 0 Å². The van der Waals surface area contributed by atoms with Crippen LogP contribution in [-0.4, -0.2) is 40.7 Å². The molecule has 1 N–H and O–H groups in total. The molecular weight excluding hydrogens is 240 g/mol. The minimum atomic E-state index is -0.318. The van der Waals surface area contributed by atoms with E-state index in [4.69, 9.17) is 0 Å². The summed E-state index contributed by atoms with van der Waals surface area (Å²) >= 11 is 0. The monoisotopic (exact) mass is 260 g/mol. The average molecular weight is 261 g/mol. The molecule has 98 valence electrons. The second-order valence-corrected chi connectivity index (χ2v) is 4.21. The zero-order chi connectivity index (χ0) is 12.3. The van der Waals surface area contributed by atoms with Gasteiger partial charge in [0.1, 0.15) is 6.04 Å². The highest BCUT2D eigenvalue weighted by Gasteiger charge is 2.24. The number of nitrogens with zero attached hydrogens (tertiary/aromatic N) is 3. The first-order valence-electron chi connectivity index (χ1n) is 5.39. The summed E-state index contributed by atoms with van der Waals surface area (Å²) in [6.45, 7) is 3.99. The van der Waals surface area contributed by atoms with Crippen molar-refractivity contribution in [3.63, 3.8) is 0 Å². The number of carbonyl (C=O) groups is 1. The molecule has 0 saturated heterocycles. The Morgan fingerprint density at radius 3 is 2.47 bits per heavy atom. The maximum absolute atomic E-state index is 12.2. The van der Waals surface area contributed by atoms with Gasteiger partial charge >= 0.3 is 0 Å². The van der Waals surface area contributed by atoms with Crippen LogP contribution in [0, 0.1) is 0 Å². The van der Waals surface area contributed by atoms with Gasteiger partial charge in [-0.2, -0.15) is 5.10 Å². The van der Waals surface area contributed by atoms with Crippen molar-refractivity contribution in [2.24, 2.45) is 7.05 Å². The van der Waals surface area contributed by atoms with Gasteiger partial charge in [0.05, 0.1) is 6.20 Å². The van der Waals surface area contributed by atoms with Crippen LogP contribution in [0.4, 0.5) is 0 Å². The number of amides is 1. The van der Waals surface area contributed by atoms with Crippen molar-refractivity contribution in [3.8, 4) is 0 Å². The van der Waals surface area contributed by atoms with Gasteiger partial charge in [0.2, 0.25) is 5.91 Å². The lowest BCUT2D eigenvalue weighted by molar-refractivity contribution is -0.133. The quantitative estimate of drug-likeness (QED) is 0.878. The molecule has 0 aliphatic heterocycles. The first kappa shape index (κ1) is 15.9. The van der Waals surface area contributed by atoms with Crippen molar-refractivity contribution in [1.82, 2.24) is 20.0 Å². The number of hydrogen-bond acceptors (Lipinski definition) is 3. The molecule has 0 aliphatic rings. The van der Waals surface area contributed by atoms with Gasteiger partial charge in [-0.15, -0.1) is 12.4 Å². The van der Waals surface area contributed by atoms with Gasteiger partial charge in [0.15, 0.2) is 0 Å². The second kappa shape index (κ2) is 6.61. The number of rotatable bonds is 4. The number of likely N-dealkylation sites (N-methyl/N-ethyl adjacent to an activating group) is 2. The van der Waals surface area contributed by atoms with Crippen LogP contribution in [0.25, 0.3) is 0 Å². The highest BCUT2D eigenvalue weighted by Crippen LogP contribution is 2.15. The van der Waals surface area contributed by atoms with Crippen molar-refractivity contribution >= 4 is 18.3 Å². The van der Waals surface area contributed by atoms with Crippen LogP contribution in [0.2, 0.25) is 0 Å². The van der Waals surface area contributed by atoms with Gasteiger partial charge in [0, 0.05) is 31.9 Å². The van der Waals surface area contributed by atoms with Crippen molar-refractivity contribution < 1.29 is 4.79 Å². The minimum Gasteiger partial charge on any atom is -0.342 e. The molecule has 1 heterocycles. The average Bonchev–Trinajstić information content (AvgIpc) is 2.64. The van der Waals surface area contributed by atoms with Crippen molar-refractivity contribution in [2.45, 2.75) is 25.9 Å². The van der Waals surface area contributed by atoms with Crippen LogP contribution in [0.15, 0.2) is 12.4 Å². The molecule has 0 aliphatic carbocycles. The molecule has 6 heteroatoms. The van der Waals surface area contributed by atoms with Crippen molar-refractivity contribution in [3.05, 3.63) is 18.0 Å². The smallest absolute Gasteiger partial charge is 0.244 e. The van der Waals surface area contributed by atoms with E-state index >= 15 is 0 Å². The lowest BCUT2D eigenvalue weighted by Crippen LogP contribution is -2.40. The van der Waals surface area contributed by atoms with Gasteiger partial charge < -0.3 is 10.2 Å². The van der Waals surface area contributed by atoms with Gasteiger partial charge in [-0.25, -0.2) is 0 Å². The van der Waals surface area contributed by atoms with Crippen molar-refractivity contribution in [2.75, 3.05) is 14.1 Å². The fourth-order valence-corrected chi connectivity index (χ4v) is 1.48. The summed E-state index contributed by atoms with van der Waals surface area (Å²) in [5.74, 6) is 0.0606. The predicted molar refractivity (Wildman–Crippen MR) is 70.2 cm³/mol. The summed E-state index contributed by atoms with van der Waals surface area (Å²) in [6, 6.07) is -0.124. The number of nitrogens with one attached hydrogen (secondary N) is 1. The Morgan fingerprint density at radius 2 is 2.12 bits per heavy atom. The summed E-state index contributed by atoms with van der Waals surface area (Å²) in [6.07, 6.45) is 3.57. The van der Waals surface area contributed by atoms with E-state index in [0.29, 0.717) is 0 Å². The Bertz CT molecular complexity index is 364. The zero-order valence-corrected chi connectivity index (χ0v) is 11.8. The van der Waals surface area contributed by atoms with E-state index in [-0.39, 0.29) is 30.4 Å². The van der Waals surface area contributed by atoms with E-state index in [0.717, 1.165) is 5.56 Å². The molecule has 1 atom stereocenters. The SMILES string of the molecule is CNC(C(=O)N(C)C(C)C)c1cnn(C)c1.Cl. The molecule has 0 radical (unpaired) electrons. The van der Waals surface area contributed by atoms with Gasteiger partial charge in [-0.1, -0.05) is 0 Å². The molecule has 1 rings (SSSR count). The van der Waals surface area contributed by atoms with E-state index < -0.39 is 0 Å². The van der Waals surface area contributed by atoms with Gasteiger partial charge in [-0.05, 0) is 20.9 Å². The molecule has 0 bridgehead atoms. The van der Waals surface area contributed by atoms with Crippen LogP contribution in [0.5, 0.6) is 0 Å². The molecular formula is C11H21ClN4O. The molecule has 17 heavy (non-hydrogen) atoms. The third kappa shape index (κ3) is 3.71.